The molecular formula is C15H16N2O3. The Kier molecular flexibility index (Phi) is 3.79. The maximum Gasteiger partial charge on any atom is 0.337 e. The molecule has 104 valence electrons. The number of benzene rings is 2. The van der Waals surface area contributed by atoms with E-state index in [4.69, 9.17) is 15.6 Å². The molecule has 0 bridgehead atoms. The summed E-state index contributed by atoms with van der Waals surface area (Å²) in [6.07, 6.45) is 0. The van der Waals surface area contributed by atoms with Crippen LogP contribution in [0.1, 0.15) is 10.4 Å². The molecule has 2 rings (SSSR count). The fourth-order valence-electron chi connectivity index (χ4n) is 1.91. The maximum absolute atomic E-state index is 10.9. The Balaban J connectivity index is 2.30. The molecule has 0 spiro atoms. The predicted octanol–water partition coefficient (Wildman–Crippen LogP) is 2.74. The van der Waals surface area contributed by atoms with E-state index >= 15 is 0 Å². The van der Waals surface area contributed by atoms with Crippen molar-refractivity contribution in [2.45, 2.75) is 0 Å². The lowest BCUT2D eigenvalue weighted by Gasteiger charge is -2.20. The van der Waals surface area contributed by atoms with Crippen LogP contribution >= 0.6 is 0 Å². The van der Waals surface area contributed by atoms with Crippen LogP contribution in [0, 0.1) is 0 Å². The van der Waals surface area contributed by atoms with Crippen LogP contribution in [0.5, 0.6) is 5.75 Å². The number of nitrogen functional groups attached to an aromatic ring is 1. The van der Waals surface area contributed by atoms with Crippen LogP contribution in [0.3, 0.4) is 0 Å². The molecule has 0 saturated carbocycles. The highest BCUT2D eigenvalue weighted by Gasteiger charge is 2.10. The zero-order chi connectivity index (χ0) is 14.7. The lowest BCUT2D eigenvalue weighted by atomic mass is 10.1. The lowest BCUT2D eigenvalue weighted by molar-refractivity contribution is 0.0698. The van der Waals surface area contributed by atoms with Crippen molar-refractivity contribution in [1.82, 2.24) is 0 Å². The number of carboxylic acid groups (broad SMARTS) is 1. The summed E-state index contributed by atoms with van der Waals surface area (Å²) >= 11 is 0. The van der Waals surface area contributed by atoms with Gasteiger partial charge in [0.2, 0.25) is 0 Å². The molecule has 0 amide bonds. The summed E-state index contributed by atoms with van der Waals surface area (Å²) in [5.74, 6) is -0.246. The molecule has 2 aromatic carbocycles. The summed E-state index contributed by atoms with van der Waals surface area (Å²) in [4.78, 5) is 12.9. The SMILES string of the molecule is COc1ccc(N(C)c2ccc(C(=O)O)c(N)c2)cc1. The van der Waals surface area contributed by atoms with Crippen molar-refractivity contribution >= 4 is 23.0 Å². The van der Waals surface area contributed by atoms with Crippen LogP contribution in [0.2, 0.25) is 0 Å². The highest BCUT2D eigenvalue weighted by molar-refractivity contribution is 5.94. The number of ether oxygens (including phenoxy) is 1. The van der Waals surface area contributed by atoms with Crippen molar-refractivity contribution in [2.75, 3.05) is 24.8 Å². The number of methoxy groups -OCH3 is 1. The number of carboxylic acids is 1. The van der Waals surface area contributed by atoms with Gasteiger partial charge in [-0.2, -0.15) is 0 Å². The molecular weight excluding hydrogens is 256 g/mol. The van der Waals surface area contributed by atoms with Crippen molar-refractivity contribution in [1.29, 1.82) is 0 Å². The first-order chi connectivity index (χ1) is 9.52. The second-order valence-corrected chi connectivity index (χ2v) is 4.33. The van der Waals surface area contributed by atoms with E-state index in [0.717, 1.165) is 17.1 Å². The average Bonchev–Trinajstić information content (AvgIpc) is 2.46. The highest BCUT2D eigenvalue weighted by Crippen LogP contribution is 2.28. The number of hydrogen-bond donors (Lipinski definition) is 2. The number of carbonyl (C=O) groups is 1. The van der Waals surface area contributed by atoms with Gasteiger partial charge in [-0.1, -0.05) is 0 Å². The fraction of sp³-hybridized carbons (Fsp3) is 0.133. The van der Waals surface area contributed by atoms with Gasteiger partial charge in [0, 0.05) is 24.1 Å². The molecule has 0 unspecified atom stereocenters. The van der Waals surface area contributed by atoms with Gasteiger partial charge in [-0.25, -0.2) is 4.79 Å². The second kappa shape index (κ2) is 5.52. The van der Waals surface area contributed by atoms with E-state index < -0.39 is 5.97 Å². The first kappa shape index (κ1) is 13.7. The van der Waals surface area contributed by atoms with Gasteiger partial charge in [0.25, 0.3) is 0 Å². The third-order valence-corrected chi connectivity index (χ3v) is 3.11. The standard InChI is InChI=1S/C15H16N2O3/c1-17(10-3-6-12(20-2)7-4-10)11-5-8-13(15(18)19)14(16)9-11/h3-9H,16H2,1-2H3,(H,18,19). The lowest BCUT2D eigenvalue weighted by Crippen LogP contribution is -2.11. The van der Waals surface area contributed by atoms with Gasteiger partial charge in [-0.05, 0) is 42.5 Å². The monoisotopic (exact) mass is 272 g/mol. The Morgan fingerprint density at radius 2 is 1.75 bits per heavy atom. The predicted molar refractivity (Wildman–Crippen MR) is 78.9 cm³/mol. The van der Waals surface area contributed by atoms with E-state index in [1.807, 2.05) is 36.2 Å². The molecule has 5 heteroatoms. The first-order valence-electron chi connectivity index (χ1n) is 6.03. The third-order valence-electron chi connectivity index (χ3n) is 3.11. The van der Waals surface area contributed by atoms with Gasteiger partial charge in [0.05, 0.1) is 12.7 Å². The van der Waals surface area contributed by atoms with E-state index in [-0.39, 0.29) is 11.3 Å². The molecule has 0 fully saturated rings. The summed E-state index contributed by atoms with van der Waals surface area (Å²) in [5.41, 5.74) is 7.88. The van der Waals surface area contributed by atoms with Crippen molar-refractivity contribution < 1.29 is 14.6 Å². The topological polar surface area (TPSA) is 75.8 Å². The molecule has 0 atom stereocenters. The van der Waals surface area contributed by atoms with Crippen LogP contribution in [-0.2, 0) is 0 Å². The van der Waals surface area contributed by atoms with Crippen molar-refractivity contribution in [3.8, 4) is 5.75 Å². The van der Waals surface area contributed by atoms with Crippen LogP contribution in [0.15, 0.2) is 42.5 Å². The Morgan fingerprint density at radius 3 is 2.25 bits per heavy atom. The second-order valence-electron chi connectivity index (χ2n) is 4.33. The minimum atomic E-state index is -1.03. The average molecular weight is 272 g/mol. The molecule has 2 aromatic rings. The fourth-order valence-corrected chi connectivity index (χ4v) is 1.91. The van der Waals surface area contributed by atoms with E-state index in [1.165, 1.54) is 6.07 Å². The van der Waals surface area contributed by atoms with Gasteiger partial charge >= 0.3 is 5.97 Å². The first-order valence-corrected chi connectivity index (χ1v) is 6.03. The normalized spacial score (nSPS) is 10.1. The summed E-state index contributed by atoms with van der Waals surface area (Å²) < 4.78 is 5.11. The van der Waals surface area contributed by atoms with Gasteiger partial charge in [-0.3, -0.25) is 0 Å². The molecule has 0 aromatic heterocycles. The number of hydrogen-bond acceptors (Lipinski definition) is 4. The van der Waals surface area contributed by atoms with E-state index in [2.05, 4.69) is 0 Å². The zero-order valence-electron chi connectivity index (χ0n) is 11.3. The number of anilines is 3. The van der Waals surface area contributed by atoms with Crippen LogP contribution in [0.4, 0.5) is 17.1 Å². The van der Waals surface area contributed by atoms with Crippen LogP contribution < -0.4 is 15.4 Å². The summed E-state index contributed by atoms with van der Waals surface area (Å²) in [7, 11) is 3.50. The number of aromatic carboxylic acids is 1. The van der Waals surface area contributed by atoms with Crippen molar-refractivity contribution in [3.63, 3.8) is 0 Å². The molecule has 0 saturated heterocycles. The molecule has 0 aliphatic heterocycles. The van der Waals surface area contributed by atoms with Crippen molar-refractivity contribution in [2.24, 2.45) is 0 Å². The van der Waals surface area contributed by atoms with E-state index in [1.54, 1.807) is 19.2 Å². The Labute approximate surface area is 117 Å². The van der Waals surface area contributed by atoms with E-state index in [0.29, 0.717) is 0 Å². The summed E-state index contributed by atoms with van der Waals surface area (Å²) in [5, 5.41) is 8.96. The van der Waals surface area contributed by atoms with Gasteiger partial charge in [-0.15, -0.1) is 0 Å². The van der Waals surface area contributed by atoms with Gasteiger partial charge in [0.1, 0.15) is 5.75 Å². The van der Waals surface area contributed by atoms with Gasteiger partial charge in [0.15, 0.2) is 0 Å². The minimum Gasteiger partial charge on any atom is -0.497 e. The summed E-state index contributed by atoms with van der Waals surface area (Å²) in [6.45, 7) is 0. The minimum absolute atomic E-state index is 0.108. The zero-order valence-corrected chi connectivity index (χ0v) is 11.3. The van der Waals surface area contributed by atoms with Crippen molar-refractivity contribution in [3.05, 3.63) is 48.0 Å². The van der Waals surface area contributed by atoms with Crippen LogP contribution in [-0.4, -0.2) is 25.2 Å². The quantitative estimate of drug-likeness (QED) is 0.837. The maximum atomic E-state index is 10.9. The molecule has 0 aliphatic carbocycles. The number of rotatable bonds is 4. The summed E-state index contributed by atoms with van der Waals surface area (Å²) in [6, 6.07) is 12.4. The molecule has 0 aliphatic rings. The molecule has 20 heavy (non-hydrogen) atoms. The molecule has 0 radical (unpaired) electrons. The molecule has 3 N–H and O–H groups in total. The van der Waals surface area contributed by atoms with E-state index in [9.17, 15) is 4.79 Å². The van der Waals surface area contributed by atoms with Crippen LogP contribution in [0.25, 0.3) is 0 Å². The third kappa shape index (κ3) is 2.66. The highest BCUT2D eigenvalue weighted by atomic mass is 16.5. The Morgan fingerprint density at radius 1 is 1.15 bits per heavy atom. The number of nitrogens with zero attached hydrogens (tertiary/aromatic N) is 1. The Hall–Kier alpha value is -2.69. The number of nitrogens with two attached hydrogens (primary N) is 1. The largest absolute Gasteiger partial charge is 0.497 e. The molecule has 0 heterocycles. The Bertz CT molecular complexity index is 624. The van der Waals surface area contributed by atoms with Gasteiger partial charge < -0.3 is 20.5 Å². The molecule has 5 nitrogen and oxygen atoms in total. The smallest absolute Gasteiger partial charge is 0.337 e.